The summed E-state index contributed by atoms with van der Waals surface area (Å²) in [6, 6.07) is 14.0. The summed E-state index contributed by atoms with van der Waals surface area (Å²) in [5.74, 6) is 5.43. The van der Waals surface area contributed by atoms with Gasteiger partial charge in [0.05, 0.1) is 37.1 Å². The van der Waals surface area contributed by atoms with Gasteiger partial charge in [0.25, 0.3) is 11.5 Å². The molecule has 0 aliphatic carbocycles. The van der Waals surface area contributed by atoms with E-state index in [0.29, 0.717) is 30.3 Å². The minimum atomic E-state index is -0.436. The Hall–Kier alpha value is -3.56. The summed E-state index contributed by atoms with van der Waals surface area (Å²) in [6.07, 6.45) is 1.32. The molecule has 0 radical (unpaired) electrons. The van der Waals surface area contributed by atoms with Crippen molar-refractivity contribution in [3.05, 3.63) is 76.3 Å². The first-order chi connectivity index (χ1) is 14.1. The zero-order valence-corrected chi connectivity index (χ0v) is 15.4. The van der Waals surface area contributed by atoms with Crippen LogP contribution in [-0.2, 0) is 11.3 Å². The third kappa shape index (κ3) is 4.15. The minimum absolute atomic E-state index is 0.0933. The molecule has 0 bridgehead atoms. The van der Waals surface area contributed by atoms with E-state index in [0.717, 1.165) is 5.56 Å². The molecule has 3 N–H and O–H groups in total. The van der Waals surface area contributed by atoms with E-state index in [4.69, 9.17) is 15.3 Å². The summed E-state index contributed by atoms with van der Waals surface area (Å²) in [5.41, 5.74) is 3.50. The Labute approximate surface area is 166 Å². The number of carbonyl (C=O) groups excluding carboxylic acids is 1. The Morgan fingerprint density at radius 1 is 1.24 bits per heavy atom. The first-order valence-corrected chi connectivity index (χ1v) is 9.01. The molecule has 29 heavy (non-hydrogen) atoms. The first-order valence-electron chi connectivity index (χ1n) is 9.01. The Kier molecular flexibility index (Phi) is 5.32. The number of hydrazine groups is 1. The van der Waals surface area contributed by atoms with Crippen molar-refractivity contribution in [2.24, 2.45) is 5.84 Å². The normalized spacial score (nSPS) is 13.6. The molecule has 2 aromatic heterocycles. The lowest BCUT2D eigenvalue weighted by atomic mass is 10.2. The lowest BCUT2D eigenvalue weighted by Gasteiger charge is -2.26. The van der Waals surface area contributed by atoms with Gasteiger partial charge in [0, 0.05) is 11.8 Å². The largest absolute Gasteiger partial charge is 0.469 e. The van der Waals surface area contributed by atoms with E-state index in [2.05, 4.69) is 15.4 Å². The number of rotatable bonds is 6. The fraction of sp³-hybridized carbons (Fsp3) is 0.200. The average molecular weight is 393 g/mol. The number of nitrogens with one attached hydrogen (secondary N) is 1. The summed E-state index contributed by atoms with van der Waals surface area (Å²) < 4.78 is 12.4. The van der Waals surface area contributed by atoms with Crippen LogP contribution in [0.1, 0.15) is 16.1 Å². The maximum absolute atomic E-state index is 12.9. The summed E-state index contributed by atoms with van der Waals surface area (Å²) in [6.45, 7) is 1.16. The molecule has 148 valence electrons. The van der Waals surface area contributed by atoms with Crippen molar-refractivity contribution < 1.29 is 14.3 Å². The molecule has 1 fully saturated rings. The van der Waals surface area contributed by atoms with Gasteiger partial charge >= 0.3 is 0 Å². The number of pyridine rings is 1. The molecule has 1 aliphatic heterocycles. The summed E-state index contributed by atoms with van der Waals surface area (Å²) in [5, 5.41) is 0. The number of aromatic nitrogens is 3. The van der Waals surface area contributed by atoms with Gasteiger partial charge in [-0.1, -0.05) is 30.3 Å². The number of ether oxygens (including phenoxy) is 2. The summed E-state index contributed by atoms with van der Waals surface area (Å²) in [4.78, 5) is 33.2. The van der Waals surface area contributed by atoms with E-state index >= 15 is 0 Å². The predicted molar refractivity (Wildman–Crippen MR) is 104 cm³/mol. The predicted octanol–water partition coefficient (Wildman–Crippen LogP) is 0.735. The van der Waals surface area contributed by atoms with Crippen LogP contribution in [0, 0.1) is 0 Å². The molecular formula is C20H19N5O4. The van der Waals surface area contributed by atoms with Crippen molar-refractivity contribution in [2.75, 3.05) is 13.2 Å². The monoisotopic (exact) mass is 393 g/mol. The molecule has 1 saturated heterocycles. The fourth-order valence-corrected chi connectivity index (χ4v) is 2.86. The van der Waals surface area contributed by atoms with Gasteiger partial charge in [0.2, 0.25) is 5.88 Å². The minimum Gasteiger partial charge on any atom is -0.469 e. The van der Waals surface area contributed by atoms with Crippen LogP contribution in [0.2, 0.25) is 0 Å². The first kappa shape index (κ1) is 18.8. The van der Waals surface area contributed by atoms with Crippen molar-refractivity contribution in [1.29, 1.82) is 0 Å². The van der Waals surface area contributed by atoms with Crippen molar-refractivity contribution in [3.8, 4) is 17.3 Å². The fourth-order valence-electron chi connectivity index (χ4n) is 2.86. The smallest absolute Gasteiger partial charge is 0.266 e. The Balaban J connectivity index is 1.69. The number of nitrogens with two attached hydrogens (primary N) is 1. The molecule has 1 aromatic carbocycles. The van der Waals surface area contributed by atoms with Gasteiger partial charge in [0.15, 0.2) is 0 Å². The zero-order valence-electron chi connectivity index (χ0n) is 15.4. The van der Waals surface area contributed by atoms with Crippen LogP contribution in [-0.4, -0.2) is 39.8 Å². The van der Waals surface area contributed by atoms with E-state index in [-0.39, 0.29) is 24.1 Å². The van der Waals surface area contributed by atoms with E-state index in [1.54, 1.807) is 12.1 Å². The third-order valence-corrected chi connectivity index (χ3v) is 4.45. The van der Waals surface area contributed by atoms with Crippen LogP contribution in [0.4, 0.5) is 0 Å². The van der Waals surface area contributed by atoms with Crippen LogP contribution in [0.3, 0.4) is 0 Å². The molecule has 9 heteroatoms. The maximum atomic E-state index is 12.9. The topological polar surface area (TPSA) is 121 Å². The number of nitrogens with zero attached hydrogens (tertiary/aromatic N) is 3. The van der Waals surface area contributed by atoms with E-state index in [1.165, 1.54) is 16.8 Å². The summed E-state index contributed by atoms with van der Waals surface area (Å²) in [7, 11) is 0. The second kappa shape index (κ2) is 8.21. The highest BCUT2D eigenvalue weighted by Gasteiger charge is 2.22. The highest BCUT2D eigenvalue weighted by molar-refractivity contribution is 5.93. The van der Waals surface area contributed by atoms with Gasteiger partial charge < -0.3 is 9.47 Å². The lowest BCUT2D eigenvalue weighted by Crippen LogP contribution is -2.39. The molecule has 9 nitrogen and oxygen atoms in total. The van der Waals surface area contributed by atoms with Crippen molar-refractivity contribution in [3.63, 3.8) is 0 Å². The third-order valence-electron chi connectivity index (χ3n) is 4.45. The van der Waals surface area contributed by atoms with E-state index in [9.17, 15) is 9.59 Å². The molecule has 0 spiro atoms. The van der Waals surface area contributed by atoms with E-state index in [1.807, 2.05) is 30.3 Å². The quantitative estimate of drug-likeness (QED) is 0.360. The van der Waals surface area contributed by atoms with Crippen LogP contribution in [0.5, 0.6) is 5.88 Å². The number of benzene rings is 1. The van der Waals surface area contributed by atoms with Gasteiger partial charge in [-0.2, -0.15) is 4.98 Å². The zero-order chi connectivity index (χ0) is 20.2. The van der Waals surface area contributed by atoms with Gasteiger partial charge in [-0.25, -0.2) is 5.84 Å². The SMILES string of the molecule is NNC(=O)c1ccc(Cn2c(-c3ccccc3)nc(OC3COC3)cc2=O)nc1. The van der Waals surface area contributed by atoms with Crippen molar-refractivity contribution in [2.45, 2.75) is 12.6 Å². The molecule has 0 saturated carbocycles. The van der Waals surface area contributed by atoms with Crippen LogP contribution >= 0.6 is 0 Å². The number of carbonyl (C=O) groups is 1. The lowest BCUT2D eigenvalue weighted by molar-refractivity contribution is -0.0814. The highest BCUT2D eigenvalue weighted by Crippen LogP contribution is 2.20. The average Bonchev–Trinajstić information content (AvgIpc) is 2.73. The van der Waals surface area contributed by atoms with Crippen LogP contribution < -0.4 is 21.6 Å². The number of amides is 1. The second-order valence-electron chi connectivity index (χ2n) is 6.50. The molecule has 1 aliphatic rings. The van der Waals surface area contributed by atoms with Crippen LogP contribution in [0.25, 0.3) is 11.4 Å². The number of hydrogen-bond donors (Lipinski definition) is 2. The highest BCUT2D eigenvalue weighted by atomic mass is 16.6. The Bertz CT molecular complexity index is 1060. The van der Waals surface area contributed by atoms with Gasteiger partial charge in [-0.15, -0.1) is 0 Å². The second-order valence-corrected chi connectivity index (χ2v) is 6.50. The molecule has 4 rings (SSSR count). The standard InChI is InChI=1S/C20H19N5O4/c21-24-20(27)14-6-7-15(22-9-14)10-25-18(26)8-17(29-16-11-28-12-16)23-19(25)13-4-2-1-3-5-13/h1-9,16H,10-12,21H2,(H,24,27). The summed E-state index contributed by atoms with van der Waals surface area (Å²) >= 11 is 0. The van der Waals surface area contributed by atoms with E-state index < -0.39 is 5.91 Å². The number of nitrogen functional groups attached to an aromatic ring is 1. The van der Waals surface area contributed by atoms with Gasteiger partial charge in [-0.05, 0) is 12.1 Å². The van der Waals surface area contributed by atoms with Gasteiger partial charge in [0.1, 0.15) is 11.9 Å². The molecule has 1 amide bonds. The molecule has 0 atom stereocenters. The van der Waals surface area contributed by atoms with Crippen LogP contribution in [0.15, 0.2) is 59.5 Å². The molecular weight excluding hydrogens is 374 g/mol. The molecule has 3 heterocycles. The Morgan fingerprint density at radius 3 is 2.66 bits per heavy atom. The molecule has 0 unspecified atom stereocenters. The molecule has 3 aromatic rings. The Morgan fingerprint density at radius 2 is 2.03 bits per heavy atom. The number of hydrogen-bond acceptors (Lipinski definition) is 7. The van der Waals surface area contributed by atoms with Crippen molar-refractivity contribution >= 4 is 5.91 Å². The maximum Gasteiger partial charge on any atom is 0.266 e. The van der Waals surface area contributed by atoms with Gasteiger partial charge in [-0.3, -0.25) is 24.6 Å². The van der Waals surface area contributed by atoms with Crippen molar-refractivity contribution in [1.82, 2.24) is 20.0 Å².